The molecule has 90 valence electrons. The monoisotopic (exact) mass is 231 g/mol. The molecule has 1 nitrogen and oxygen atoms in total. The van der Waals surface area contributed by atoms with E-state index in [-0.39, 0.29) is 0 Å². The first-order chi connectivity index (χ1) is 7.23. The fourth-order valence-corrected chi connectivity index (χ4v) is 1.59. The molecule has 16 heavy (non-hydrogen) atoms. The van der Waals surface area contributed by atoms with E-state index >= 15 is 0 Å². The number of alkyl halides is 3. The van der Waals surface area contributed by atoms with Crippen LogP contribution in [0.3, 0.4) is 0 Å². The van der Waals surface area contributed by atoms with Gasteiger partial charge in [-0.3, -0.25) is 0 Å². The van der Waals surface area contributed by atoms with Gasteiger partial charge in [0.05, 0.1) is 6.42 Å². The Morgan fingerprint density at radius 3 is 2.06 bits per heavy atom. The van der Waals surface area contributed by atoms with Crippen molar-refractivity contribution in [1.82, 2.24) is 0 Å². The molecule has 0 heterocycles. The van der Waals surface area contributed by atoms with Crippen LogP contribution in [0.15, 0.2) is 30.3 Å². The minimum Gasteiger partial charge on any atom is -0.327 e. The van der Waals surface area contributed by atoms with Gasteiger partial charge in [0.1, 0.15) is 0 Å². The molecule has 0 aliphatic rings. The molecule has 0 amide bonds. The molecule has 0 saturated heterocycles. The quantitative estimate of drug-likeness (QED) is 0.849. The highest BCUT2D eigenvalue weighted by Crippen LogP contribution is 2.32. The standard InChI is InChI=1S/C12H16F3N/c1-11(2,9-6-4-3-5-7-9)10(16)8-12(13,14)15/h3-7,10H,8,16H2,1-2H3. The van der Waals surface area contributed by atoms with Gasteiger partial charge in [-0.15, -0.1) is 0 Å². The fraction of sp³-hybridized carbons (Fsp3) is 0.500. The Kier molecular flexibility index (Phi) is 3.63. The molecular formula is C12H16F3N. The van der Waals surface area contributed by atoms with E-state index in [1.807, 2.05) is 6.07 Å². The largest absolute Gasteiger partial charge is 0.390 e. The lowest BCUT2D eigenvalue weighted by Crippen LogP contribution is -2.43. The lowest BCUT2D eigenvalue weighted by molar-refractivity contribution is -0.141. The van der Waals surface area contributed by atoms with E-state index in [9.17, 15) is 13.2 Å². The van der Waals surface area contributed by atoms with E-state index in [1.165, 1.54) is 0 Å². The molecule has 0 bridgehead atoms. The number of nitrogens with two attached hydrogens (primary N) is 1. The number of halogens is 3. The van der Waals surface area contributed by atoms with Gasteiger partial charge < -0.3 is 5.73 Å². The molecule has 0 spiro atoms. The smallest absolute Gasteiger partial charge is 0.327 e. The zero-order valence-electron chi connectivity index (χ0n) is 9.38. The van der Waals surface area contributed by atoms with E-state index in [0.717, 1.165) is 5.56 Å². The van der Waals surface area contributed by atoms with Crippen LogP contribution < -0.4 is 5.73 Å². The van der Waals surface area contributed by atoms with Crippen LogP contribution in [0.2, 0.25) is 0 Å². The Morgan fingerprint density at radius 2 is 1.62 bits per heavy atom. The summed E-state index contributed by atoms with van der Waals surface area (Å²) < 4.78 is 36.8. The van der Waals surface area contributed by atoms with E-state index in [0.29, 0.717) is 0 Å². The van der Waals surface area contributed by atoms with Crippen LogP contribution in [-0.2, 0) is 5.41 Å². The topological polar surface area (TPSA) is 26.0 Å². The summed E-state index contributed by atoms with van der Waals surface area (Å²) in [6.45, 7) is 3.47. The minimum absolute atomic E-state index is 0.684. The Labute approximate surface area is 93.5 Å². The maximum absolute atomic E-state index is 12.3. The van der Waals surface area contributed by atoms with Crippen molar-refractivity contribution in [1.29, 1.82) is 0 Å². The Hall–Kier alpha value is -1.03. The molecule has 1 unspecified atom stereocenters. The third-order valence-corrected chi connectivity index (χ3v) is 2.90. The van der Waals surface area contributed by atoms with E-state index in [1.54, 1.807) is 38.1 Å². The highest BCUT2D eigenvalue weighted by molar-refractivity contribution is 5.25. The first kappa shape index (κ1) is 13.0. The lowest BCUT2D eigenvalue weighted by Gasteiger charge is -2.32. The van der Waals surface area contributed by atoms with E-state index < -0.39 is 24.1 Å². The summed E-state index contributed by atoms with van der Waals surface area (Å²) in [6.07, 6.45) is -5.18. The second-order valence-corrected chi connectivity index (χ2v) is 4.51. The molecule has 2 N–H and O–H groups in total. The summed E-state index contributed by atoms with van der Waals surface area (Å²) in [4.78, 5) is 0. The summed E-state index contributed by atoms with van der Waals surface area (Å²) >= 11 is 0. The molecular weight excluding hydrogens is 215 g/mol. The molecule has 1 rings (SSSR count). The lowest BCUT2D eigenvalue weighted by atomic mass is 9.77. The number of benzene rings is 1. The van der Waals surface area contributed by atoms with Gasteiger partial charge in [-0.1, -0.05) is 44.2 Å². The van der Waals surface area contributed by atoms with Gasteiger partial charge in [0.25, 0.3) is 0 Å². The van der Waals surface area contributed by atoms with E-state index in [2.05, 4.69) is 0 Å². The van der Waals surface area contributed by atoms with E-state index in [4.69, 9.17) is 5.73 Å². The third-order valence-electron chi connectivity index (χ3n) is 2.90. The Bertz CT molecular complexity index is 330. The second kappa shape index (κ2) is 4.45. The van der Waals surface area contributed by atoms with Gasteiger partial charge in [-0.2, -0.15) is 13.2 Å². The molecule has 0 aliphatic heterocycles. The van der Waals surface area contributed by atoms with Gasteiger partial charge in [-0.25, -0.2) is 0 Å². The Morgan fingerprint density at radius 1 is 1.12 bits per heavy atom. The summed E-state index contributed by atoms with van der Waals surface area (Å²) in [7, 11) is 0. The van der Waals surface area contributed by atoms with Gasteiger partial charge in [-0.05, 0) is 5.56 Å². The average Bonchev–Trinajstić information content (AvgIpc) is 2.16. The van der Waals surface area contributed by atoms with Crippen LogP contribution in [0.1, 0.15) is 25.8 Å². The van der Waals surface area contributed by atoms with Crippen molar-refractivity contribution in [3.05, 3.63) is 35.9 Å². The molecule has 1 atom stereocenters. The molecule has 1 aromatic carbocycles. The maximum atomic E-state index is 12.3. The van der Waals surface area contributed by atoms with Crippen molar-refractivity contribution in [3.63, 3.8) is 0 Å². The van der Waals surface area contributed by atoms with Crippen molar-refractivity contribution in [2.75, 3.05) is 0 Å². The first-order valence-corrected chi connectivity index (χ1v) is 5.11. The molecule has 4 heteroatoms. The van der Waals surface area contributed by atoms with Crippen LogP contribution in [-0.4, -0.2) is 12.2 Å². The minimum atomic E-state index is -4.22. The van der Waals surface area contributed by atoms with Crippen LogP contribution in [0.25, 0.3) is 0 Å². The molecule has 0 aromatic heterocycles. The average molecular weight is 231 g/mol. The summed E-state index contributed by atoms with van der Waals surface area (Å²) in [5, 5.41) is 0. The van der Waals surface area contributed by atoms with Crippen molar-refractivity contribution < 1.29 is 13.2 Å². The van der Waals surface area contributed by atoms with Crippen molar-refractivity contribution in [3.8, 4) is 0 Å². The van der Waals surface area contributed by atoms with Crippen LogP contribution >= 0.6 is 0 Å². The maximum Gasteiger partial charge on any atom is 0.390 e. The predicted octanol–water partition coefficient (Wildman–Crippen LogP) is 3.24. The third kappa shape index (κ3) is 3.23. The van der Waals surface area contributed by atoms with Crippen LogP contribution in [0.4, 0.5) is 13.2 Å². The number of rotatable bonds is 3. The zero-order chi connectivity index (χ0) is 12.4. The molecule has 0 radical (unpaired) electrons. The van der Waals surface area contributed by atoms with Gasteiger partial charge >= 0.3 is 6.18 Å². The highest BCUT2D eigenvalue weighted by atomic mass is 19.4. The van der Waals surface area contributed by atoms with Gasteiger partial charge in [0.15, 0.2) is 0 Å². The van der Waals surface area contributed by atoms with Gasteiger partial charge in [0, 0.05) is 11.5 Å². The molecule has 0 fully saturated rings. The molecule has 1 aromatic rings. The van der Waals surface area contributed by atoms with Crippen LogP contribution in [0.5, 0.6) is 0 Å². The number of hydrogen-bond acceptors (Lipinski definition) is 1. The zero-order valence-corrected chi connectivity index (χ0v) is 9.38. The van der Waals surface area contributed by atoms with Crippen molar-refractivity contribution in [2.45, 2.75) is 37.9 Å². The SMILES string of the molecule is CC(C)(c1ccccc1)C(N)CC(F)(F)F. The number of hydrogen-bond donors (Lipinski definition) is 1. The summed E-state index contributed by atoms with van der Waals surface area (Å²) in [5.74, 6) is 0. The molecule has 0 saturated carbocycles. The van der Waals surface area contributed by atoms with Crippen molar-refractivity contribution in [2.24, 2.45) is 5.73 Å². The van der Waals surface area contributed by atoms with Crippen molar-refractivity contribution >= 4 is 0 Å². The summed E-state index contributed by atoms with van der Waals surface area (Å²) in [5.41, 5.74) is 5.79. The molecule has 0 aliphatic carbocycles. The Balaban J connectivity index is 2.86. The predicted molar refractivity (Wildman–Crippen MR) is 58.1 cm³/mol. The normalized spacial score (nSPS) is 14.9. The highest BCUT2D eigenvalue weighted by Gasteiger charge is 2.38. The second-order valence-electron chi connectivity index (χ2n) is 4.51. The first-order valence-electron chi connectivity index (χ1n) is 5.11. The summed E-state index contributed by atoms with van der Waals surface area (Å²) in [6, 6.07) is 8.10. The van der Waals surface area contributed by atoms with Crippen LogP contribution in [0, 0.1) is 0 Å². The van der Waals surface area contributed by atoms with Gasteiger partial charge in [0.2, 0.25) is 0 Å². The fourth-order valence-electron chi connectivity index (χ4n) is 1.59.